The summed E-state index contributed by atoms with van der Waals surface area (Å²) in [7, 11) is 0. The zero-order chi connectivity index (χ0) is 13.4. The molecule has 0 bridgehead atoms. The summed E-state index contributed by atoms with van der Waals surface area (Å²) in [6.45, 7) is 2.05. The summed E-state index contributed by atoms with van der Waals surface area (Å²) in [4.78, 5) is 11.6. The van der Waals surface area contributed by atoms with E-state index in [1.807, 2.05) is 6.07 Å². The number of amides is 1. The molecular weight excluding hydrogens is 268 g/mol. The molecule has 1 heterocycles. The van der Waals surface area contributed by atoms with E-state index in [2.05, 4.69) is 12.2 Å². The number of carbonyl (C=O) groups excluding carboxylic acids is 1. The van der Waals surface area contributed by atoms with Crippen molar-refractivity contribution in [2.75, 3.05) is 12.4 Å². The van der Waals surface area contributed by atoms with E-state index in [0.29, 0.717) is 0 Å². The predicted octanol–water partition coefficient (Wildman–Crippen LogP) is 2.22. The Hall–Kier alpha value is -0.640. The number of hydrogen-bond acceptors (Lipinski definition) is 5. The molecule has 0 saturated carbocycles. The van der Waals surface area contributed by atoms with Crippen LogP contribution in [0.5, 0.6) is 0 Å². The lowest BCUT2D eigenvalue weighted by Gasteiger charge is -2.23. The summed E-state index contributed by atoms with van der Waals surface area (Å²) in [6, 6.07) is 1.94. The average Bonchev–Trinajstić information content (AvgIpc) is 2.38. The van der Waals surface area contributed by atoms with Gasteiger partial charge in [0.05, 0.1) is 10.8 Å². The van der Waals surface area contributed by atoms with Crippen molar-refractivity contribution in [1.82, 2.24) is 5.32 Å². The highest BCUT2D eigenvalue weighted by Gasteiger charge is 2.27. The lowest BCUT2D eigenvalue weighted by Crippen LogP contribution is -2.39. The second-order valence-corrected chi connectivity index (χ2v) is 6.52. The maximum absolute atomic E-state index is 11.6. The van der Waals surface area contributed by atoms with Gasteiger partial charge in [0.2, 0.25) is 0 Å². The van der Waals surface area contributed by atoms with Crippen LogP contribution in [-0.2, 0) is 4.79 Å². The number of hydrogen-bond donors (Lipinski definition) is 2. The van der Waals surface area contributed by atoms with Crippen LogP contribution in [0.3, 0.4) is 0 Å². The normalized spacial score (nSPS) is 19.6. The number of nitrogens with zero attached hydrogens (tertiary/aromatic N) is 1. The van der Waals surface area contributed by atoms with E-state index >= 15 is 0 Å². The van der Waals surface area contributed by atoms with Gasteiger partial charge in [-0.2, -0.15) is 5.26 Å². The van der Waals surface area contributed by atoms with Gasteiger partial charge in [-0.25, -0.2) is 0 Å². The molecule has 0 fully saturated rings. The Morgan fingerprint density at radius 2 is 2.28 bits per heavy atom. The molecule has 1 rings (SSSR count). The standard InChI is InChI=1S/C12H18N2O2S2/c1-2-3-4-5-6-17-12-9(7-13)11(16)14-10(8-15)18-12/h10,15H,2-6,8H2,1H3,(H,14,16)/t10-/m1/s1. The molecule has 1 atom stereocenters. The van der Waals surface area contributed by atoms with Crippen LogP contribution in [0, 0.1) is 11.3 Å². The molecule has 0 aromatic rings. The van der Waals surface area contributed by atoms with Gasteiger partial charge in [0.1, 0.15) is 17.0 Å². The van der Waals surface area contributed by atoms with Crippen molar-refractivity contribution in [3.05, 3.63) is 9.81 Å². The molecule has 0 spiro atoms. The van der Waals surface area contributed by atoms with Crippen LogP contribution in [-0.4, -0.2) is 28.7 Å². The zero-order valence-corrected chi connectivity index (χ0v) is 12.1. The molecule has 1 aliphatic heterocycles. The largest absolute Gasteiger partial charge is 0.393 e. The van der Waals surface area contributed by atoms with E-state index in [4.69, 9.17) is 10.4 Å². The van der Waals surface area contributed by atoms with E-state index in [1.165, 1.54) is 31.0 Å². The van der Waals surface area contributed by atoms with E-state index in [-0.39, 0.29) is 23.5 Å². The molecule has 100 valence electrons. The van der Waals surface area contributed by atoms with Crippen LogP contribution < -0.4 is 5.32 Å². The molecule has 0 aromatic carbocycles. The van der Waals surface area contributed by atoms with Gasteiger partial charge < -0.3 is 10.4 Å². The number of aliphatic hydroxyl groups excluding tert-OH is 1. The molecule has 1 aliphatic rings. The van der Waals surface area contributed by atoms with Gasteiger partial charge in [0.15, 0.2) is 0 Å². The van der Waals surface area contributed by atoms with E-state index in [9.17, 15) is 4.79 Å². The minimum atomic E-state index is -0.369. The molecule has 18 heavy (non-hydrogen) atoms. The Morgan fingerprint density at radius 1 is 1.50 bits per heavy atom. The Bertz CT molecular complexity index is 364. The smallest absolute Gasteiger partial charge is 0.264 e. The first-order valence-electron chi connectivity index (χ1n) is 6.08. The Labute approximate surface area is 116 Å². The van der Waals surface area contributed by atoms with Gasteiger partial charge in [-0.15, -0.1) is 11.8 Å². The number of carbonyl (C=O) groups is 1. The second-order valence-electron chi connectivity index (χ2n) is 3.95. The molecular formula is C12H18N2O2S2. The average molecular weight is 286 g/mol. The van der Waals surface area contributed by atoms with Gasteiger partial charge in [0, 0.05) is 0 Å². The van der Waals surface area contributed by atoms with E-state index in [0.717, 1.165) is 16.4 Å². The molecule has 0 aromatic heterocycles. The maximum atomic E-state index is 11.6. The summed E-state index contributed by atoms with van der Waals surface area (Å²) in [6.07, 6.45) is 4.68. The quantitative estimate of drug-likeness (QED) is 0.702. The predicted molar refractivity (Wildman–Crippen MR) is 75.8 cm³/mol. The number of nitriles is 1. The first-order valence-corrected chi connectivity index (χ1v) is 7.95. The van der Waals surface area contributed by atoms with Gasteiger partial charge in [-0.3, -0.25) is 4.79 Å². The first-order chi connectivity index (χ1) is 8.72. The third-order valence-electron chi connectivity index (χ3n) is 2.48. The fourth-order valence-electron chi connectivity index (χ4n) is 1.51. The summed E-state index contributed by atoms with van der Waals surface area (Å²) in [5.41, 5.74) is 0.185. The summed E-state index contributed by atoms with van der Waals surface area (Å²) >= 11 is 2.92. The van der Waals surface area contributed by atoms with Crippen molar-refractivity contribution < 1.29 is 9.90 Å². The first kappa shape index (κ1) is 15.4. The van der Waals surface area contributed by atoms with Crippen molar-refractivity contribution in [3.8, 4) is 6.07 Å². The molecule has 0 unspecified atom stereocenters. The number of unbranched alkanes of at least 4 members (excludes halogenated alkanes) is 3. The summed E-state index contributed by atoms with van der Waals surface area (Å²) in [5.74, 6) is 0.547. The van der Waals surface area contributed by atoms with Crippen LogP contribution in [0.25, 0.3) is 0 Å². The van der Waals surface area contributed by atoms with Gasteiger partial charge >= 0.3 is 0 Å². The number of thioether (sulfide) groups is 2. The summed E-state index contributed by atoms with van der Waals surface area (Å²) < 4.78 is 0.747. The van der Waals surface area contributed by atoms with Gasteiger partial charge in [-0.05, 0) is 12.2 Å². The van der Waals surface area contributed by atoms with Crippen LogP contribution in [0.15, 0.2) is 9.81 Å². The minimum Gasteiger partial charge on any atom is -0.393 e. The van der Waals surface area contributed by atoms with Crippen LogP contribution in [0.1, 0.15) is 32.6 Å². The van der Waals surface area contributed by atoms with Crippen molar-refractivity contribution >= 4 is 29.4 Å². The zero-order valence-electron chi connectivity index (χ0n) is 10.4. The Kier molecular flexibility index (Phi) is 7.25. The number of rotatable bonds is 7. The van der Waals surface area contributed by atoms with Crippen LogP contribution in [0.4, 0.5) is 0 Å². The second kappa shape index (κ2) is 8.46. The number of nitrogens with one attached hydrogen (secondary N) is 1. The summed E-state index contributed by atoms with van der Waals surface area (Å²) in [5, 5.41) is 20.3. The third-order valence-corrected chi connectivity index (χ3v) is 5.05. The van der Waals surface area contributed by atoms with E-state index in [1.54, 1.807) is 11.8 Å². The molecule has 1 amide bonds. The Balaban J connectivity index is 2.53. The highest BCUT2D eigenvalue weighted by atomic mass is 32.2. The van der Waals surface area contributed by atoms with Crippen LogP contribution in [0.2, 0.25) is 0 Å². The van der Waals surface area contributed by atoms with E-state index < -0.39 is 0 Å². The molecule has 2 N–H and O–H groups in total. The monoisotopic (exact) mass is 286 g/mol. The Morgan fingerprint density at radius 3 is 2.89 bits per heavy atom. The lowest BCUT2D eigenvalue weighted by molar-refractivity contribution is -0.117. The highest BCUT2D eigenvalue weighted by molar-refractivity contribution is 8.22. The van der Waals surface area contributed by atoms with Crippen molar-refractivity contribution in [3.63, 3.8) is 0 Å². The fraction of sp³-hybridized carbons (Fsp3) is 0.667. The lowest BCUT2D eigenvalue weighted by atomic mass is 10.2. The van der Waals surface area contributed by atoms with Crippen molar-refractivity contribution in [2.45, 2.75) is 38.0 Å². The molecule has 0 radical (unpaired) electrons. The highest BCUT2D eigenvalue weighted by Crippen LogP contribution is 2.37. The number of aliphatic hydroxyl groups is 1. The fourth-order valence-corrected chi connectivity index (χ4v) is 3.95. The third kappa shape index (κ3) is 4.56. The topological polar surface area (TPSA) is 73.1 Å². The minimum absolute atomic E-state index is 0.116. The van der Waals surface area contributed by atoms with Gasteiger partial charge in [0.25, 0.3) is 5.91 Å². The molecule has 0 saturated heterocycles. The maximum Gasteiger partial charge on any atom is 0.264 e. The van der Waals surface area contributed by atoms with Crippen LogP contribution >= 0.6 is 23.5 Å². The molecule has 0 aliphatic carbocycles. The molecule has 4 nitrogen and oxygen atoms in total. The van der Waals surface area contributed by atoms with Crippen molar-refractivity contribution in [2.24, 2.45) is 0 Å². The van der Waals surface area contributed by atoms with Gasteiger partial charge in [-0.1, -0.05) is 37.9 Å². The SMILES string of the molecule is CCCCCCSC1=C(C#N)C(=O)N[C@@H](CO)S1. The molecule has 6 heteroatoms. The van der Waals surface area contributed by atoms with Crippen molar-refractivity contribution in [1.29, 1.82) is 5.26 Å².